The Balaban J connectivity index is 2.79. The van der Waals surface area contributed by atoms with Gasteiger partial charge in [-0.25, -0.2) is 9.50 Å². The third-order valence-corrected chi connectivity index (χ3v) is 2.05. The molecular weight excluding hydrogens is 196 g/mol. The maximum absolute atomic E-state index is 5.56. The molecule has 0 aliphatic rings. The molecule has 14 heavy (non-hydrogen) atoms. The van der Waals surface area contributed by atoms with Gasteiger partial charge in [0.2, 0.25) is 0 Å². The van der Waals surface area contributed by atoms with Gasteiger partial charge in [0.05, 0.1) is 5.56 Å². The van der Waals surface area contributed by atoms with Crippen LogP contribution in [0.3, 0.4) is 0 Å². The second kappa shape index (κ2) is 3.19. The summed E-state index contributed by atoms with van der Waals surface area (Å²) in [6, 6.07) is 3.64. The first-order valence-corrected chi connectivity index (χ1v) is 4.41. The molecule has 2 aromatic heterocycles. The van der Waals surface area contributed by atoms with E-state index in [2.05, 4.69) is 16.7 Å². The van der Waals surface area contributed by atoms with E-state index in [0.29, 0.717) is 16.5 Å². The molecule has 0 aliphatic carbocycles. The van der Waals surface area contributed by atoms with Crippen LogP contribution in [-0.4, -0.2) is 19.6 Å². The smallest absolute Gasteiger partial charge is 0.174 e. The standard InChI is InChI=1S/C9H8N4S/c1-2-7-11-9-6(8(10)14)4-3-5-13(9)12-7/h2-5H,1H2,(H2,10,14). The van der Waals surface area contributed by atoms with Gasteiger partial charge in [-0.2, -0.15) is 0 Å². The lowest BCUT2D eigenvalue weighted by atomic mass is 10.3. The Kier molecular flexibility index (Phi) is 2.01. The first kappa shape index (κ1) is 8.83. The number of thiocarbonyl (C=S) groups is 1. The summed E-state index contributed by atoms with van der Waals surface area (Å²) in [4.78, 5) is 4.54. The summed E-state index contributed by atoms with van der Waals surface area (Å²) >= 11 is 4.91. The largest absolute Gasteiger partial charge is 0.389 e. The van der Waals surface area contributed by atoms with E-state index in [1.807, 2.05) is 12.1 Å². The highest BCUT2D eigenvalue weighted by Crippen LogP contribution is 2.08. The fraction of sp³-hybridized carbons (Fsp3) is 0. The first-order valence-electron chi connectivity index (χ1n) is 4.00. The number of fused-ring (bicyclic) bond motifs is 1. The Morgan fingerprint density at radius 2 is 2.43 bits per heavy atom. The molecule has 0 saturated carbocycles. The monoisotopic (exact) mass is 204 g/mol. The van der Waals surface area contributed by atoms with Gasteiger partial charge in [0.25, 0.3) is 0 Å². The molecule has 5 heteroatoms. The zero-order valence-corrected chi connectivity index (χ0v) is 8.16. The molecule has 0 radical (unpaired) electrons. The molecule has 2 rings (SSSR count). The van der Waals surface area contributed by atoms with Gasteiger partial charge in [0.1, 0.15) is 4.99 Å². The van der Waals surface area contributed by atoms with Gasteiger partial charge in [-0.3, -0.25) is 0 Å². The molecule has 0 spiro atoms. The lowest BCUT2D eigenvalue weighted by molar-refractivity contribution is 0.952. The minimum absolute atomic E-state index is 0.318. The molecule has 0 unspecified atom stereocenters. The summed E-state index contributed by atoms with van der Waals surface area (Å²) in [5.74, 6) is 0.564. The molecule has 0 saturated heterocycles. The third-order valence-electron chi connectivity index (χ3n) is 1.83. The Morgan fingerprint density at radius 3 is 3.07 bits per heavy atom. The van der Waals surface area contributed by atoms with Crippen LogP contribution in [0.1, 0.15) is 11.4 Å². The molecule has 2 heterocycles. The van der Waals surface area contributed by atoms with Gasteiger partial charge in [-0.05, 0) is 18.2 Å². The van der Waals surface area contributed by atoms with E-state index in [4.69, 9.17) is 18.0 Å². The lowest BCUT2D eigenvalue weighted by Gasteiger charge is -1.97. The summed E-state index contributed by atoms with van der Waals surface area (Å²) in [5, 5.41) is 4.15. The Morgan fingerprint density at radius 1 is 1.64 bits per heavy atom. The molecule has 2 aromatic rings. The summed E-state index contributed by atoms with van der Waals surface area (Å²) in [5.41, 5.74) is 6.94. The number of pyridine rings is 1. The third kappa shape index (κ3) is 1.27. The molecule has 0 fully saturated rings. The fourth-order valence-corrected chi connectivity index (χ4v) is 1.36. The SMILES string of the molecule is C=Cc1nc2c(C(N)=S)cccn2n1. The Labute approximate surface area is 86.1 Å². The van der Waals surface area contributed by atoms with Crippen molar-refractivity contribution in [2.24, 2.45) is 5.73 Å². The van der Waals surface area contributed by atoms with Crippen molar-refractivity contribution in [3.8, 4) is 0 Å². The summed E-state index contributed by atoms with van der Waals surface area (Å²) in [6.07, 6.45) is 3.37. The Bertz CT molecular complexity index is 515. The van der Waals surface area contributed by atoms with Crippen molar-refractivity contribution < 1.29 is 0 Å². The molecule has 0 aliphatic heterocycles. The normalized spacial score (nSPS) is 10.3. The second-order valence-corrected chi connectivity index (χ2v) is 3.17. The molecular formula is C9H8N4S. The van der Waals surface area contributed by atoms with E-state index in [-0.39, 0.29) is 0 Å². The maximum Gasteiger partial charge on any atom is 0.174 e. The van der Waals surface area contributed by atoms with Crippen LogP contribution in [-0.2, 0) is 0 Å². The van der Waals surface area contributed by atoms with Crippen molar-refractivity contribution in [2.45, 2.75) is 0 Å². The highest BCUT2D eigenvalue weighted by atomic mass is 32.1. The van der Waals surface area contributed by atoms with E-state index in [9.17, 15) is 0 Å². The molecule has 4 nitrogen and oxygen atoms in total. The molecule has 0 amide bonds. The van der Waals surface area contributed by atoms with Crippen molar-refractivity contribution in [1.29, 1.82) is 0 Å². The van der Waals surface area contributed by atoms with Gasteiger partial charge in [-0.1, -0.05) is 18.8 Å². The molecule has 2 N–H and O–H groups in total. The van der Waals surface area contributed by atoms with E-state index >= 15 is 0 Å². The maximum atomic E-state index is 5.56. The van der Waals surface area contributed by atoms with Crippen LogP contribution in [0.25, 0.3) is 11.7 Å². The number of nitrogens with two attached hydrogens (primary N) is 1. The summed E-state index contributed by atoms with van der Waals surface area (Å²) < 4.78 is 1.63. The van der Waals surface area contributed by atoms with Crippen LogP contribution in [0.4, 0.5) is 0 Å². The van der Waals surface area contributed by atoms with Gasteiger partial charge in [0.15, 0.2) is 11.5 Å². The van der Waals surface area contributed by atoms with Gasteiger partial charge < -0.3 is 5.73 Å². The number of hydrogen-bond acceptors (Lipinski definition) is 3. The number of rotatable bonds is 2. The highest BCUT2D eigenvalue weighted by molar-refractivity contribution is 7.80. The summed E-state index contributed by atoms with van der Waals surface area (Å²) in [7, 11) is 0. The van der Waals surface area contributed by atoms with Crippen molar-refractivity contribution in [3.63, 3.8) is 0 Å². The minimum atomic E-state index is 0.318. The molecule has 0 aromatic carbocycles. The predicted octanol–water partition coefficient (Wildman–Crippen LogP) is 1.01. The van der Waals surface area contributed by atoms with Crippen molar-refractivity contribution in [1.82, 2.24) is 14.6 Å². The second-order valence-electron chi connectivity index (χ2n) is 2.73. The zero-order chi connectivity index (χ0) is 10.1. The summed E-state index contributed by atoms with van der Waals surface area (Å²) in [6.45, 7) is 3.60. The van der Waals surface area contributed by atoms with Crippen LogP contribution < -0.4 is 5.73 Å². The zero-order valence-electron chi connectivity index (χ0n) is 7.34. The van der Waals surface area contributed by atoms with Crippen LogP contribution in [0, 0.1) is 0 Å². The predicted molar refractivity (Wildman–Crippen MR) is 59.0 cm³/mol. The van der Waals surface area contributed by atoms with Crippen LogP contribution in [0.5, 0.6) is 0 Å². The molecule has 70 valence electrons. The Hall–Kier alpha value is -1.75. The van der Waals surface area contributed by atoms with Crippen molar-refractivity contribution in [3.05, 3.63) is 36.3 Å². The van der Waals surface area contributed by atoms with E-state index in [0.717, 1.165) is 5.56 Å². The van der Waals surface area contributed by atoms with Crippen LogP contribution in [0.15, 0.2) is 24.9 Å². The van der Waals surface area contributed by atoms with Crippen molar-refractivity contribution >= 4 is 28.9 Å². The average Bonchev–Trinajstić information content (AvgIpc) is 2.59. The van der Waals surface area contributed by atoms with E-state index in [1.165, 1.54) is 0 Å². The first-order chi connectivity index (χ1) is 6.72. The van der Waals surface area contributed by atoms with E-state index < -0.39 is 0 Å². The quantitative estimate of drug-likeness (QED) is 0.742. The van der Waals surface area contributed by atoms with Crippen LogP contribution in [0.2, 0.25) is 0 Å². The van der Waals surface area contributed by atoms with Crippen molar-refractivity contribution in [2.75, 3.05) is 0 Å². The van der Waals surface area contributed by atoms with Gasteiger partial charge in [0, 0.05) is 6.20 Å². The topological polar surface area (TPSA) is 56.2 Å². The minimum Gasteiger partial charge on any atom is -0.389 e. The van der Waals surface area contributed by atoms with Gasteiger partial charge in [-0.15, -0.1) is 5.10 Å². The molecule has 0 atom stereocenters. The average molecular weight is 204 g/mol. The number of nitrogens with zero attached hydrogens (tertiary/aromatic N) is 3. The fourth-order valence-electron chi connectivity index (χ4n) is 1.20. The van der Waals surface area contributed by atoms with Crippen LogP contribution >= 0.6 is 12.2 Å². The van der Waals surface area contributed by atoms with Gasteiger partial charge >= 0.3 is 0 Å². The highest BCUT2D eigenvalue weighted by Gasteiger charge is 2.07. The lowest BCUT2D eigenvalue weighted by Crippen LogP contribution is -2.11. The number of aromatic nitrogens is 3. The van der Waals surface area contributed by atoms with E-state index in [1.54, 1.807) is 16.8 Å². The molecule has 0 bridgehead atoms. The number of hydrogen-bond donors (Lipinski definition) is 1.